The van der Waals surface area contributed by atoms with E-state index in [0.29, 0.717) is 0 Å². The molecule has 0 bridgehead atoms. The number of rotatable bonds is 7. The molecule has 0 aromatic carbocycles. The summed E-state index contributed by atoms with van der Waals surface area (Å²) in [5.74, 6) is 2.22. The molecule has 2 nitrogen and oxygen atoms in total. The lowest BCUT2D eigenvalue weighted by atomic mass is 9.99. The molecule has 0 radical (unpaired) electrons. The first-order chi connectivity index (χ1) is 6.77. The van der Waals surface area contributed by atoms with E-state index in [9.17, 15) is 0 Å². The van der Waals surface area contributed by atoms with Crippen LogP contribution in [-0.2, 0) is 0 Å². The Bertz CT molecular complexity index is 148. The molecule has 1 N–H and O–H groups in total. The summed E-state index contributed by atoms with van der Waals surface area (Å²) < 4.78 is 0. The maximum absolute atomic E-state index is 3.33. The summed E-state index contributed by atoms with van der Waals surface area (Å²) in [5.41, 5.74) is 0. The van der Waals surface area contributed by atoms with E-state index in [1.165, 1.54) is 38.2 Å². The molecule has 1 unspecified atom stereocenters. The van der Waals surface area contributed by atoms with Gasteiger partial charge in [-0.3, -0.25) is 0 Å². The highest BCUT2D eigenvalue weighted by Gasteiger charge is 2.18. The molecule has 14 heavy (non-hydrogen) atoms. The van der Waals surface area contributed by atoms with Crippen molar-refractivity contribution in [3.8, 4) is 0 Å². The van der Waals surface area contributed by atoms with Crippen molar-refractivity contribution in [2.24, 2.45) is 5.92 Å². The molecule has 0 amide bonds. The molecule has 0 aliphatic carbocycles. The standard InChI is InChI=1S/C11H24N2S/c1-4-11(9-14-3)13(2)6-5-10-7-12-8-10/h10-12H,4-9H2,1-3H3. The fraction of sp³-hybridized carbons (Fsp3) is 1.00. The topological polar surface area (TPSA) is 15.3 Å². The second-order valence-electron chi connectivity index (χ2n) is 4.31. The predicted molar refractivity (Wildman–Crippen MR) is 66.1 cm³/mol. The van der Waals surface area contributed by atoms with Gasteiger partial charge in [0.25, 0.3) is 0 Å². The minimum absolute atomic E-state index is 0.776. The van der Waals surface area contributed by atoms with E-state index in [-0.39, 0.29) is 0 Å². The first-order valence-electron chi connectivity index (χ1n) is 5.67. The second kappa shape index (κ2) is 6.70. The first-order valence-corrected chi connectivity index (χ1v) is 7.07. The van der Waals surface area contributed by atoms with Crippen LogP contribution in [0.2, 0.25) is 0 Å². The zero-order chi connectivity index (χ0) is 10.4. The average Bonchev–Trinajstić information content (AvgIpc) is 2.11. The van der Waals surface area contributed by atoms with Crippen LogP contribution in [0.5, 0.6) is 0 Å². The number of nitrogens with one attached hydrogen (secondary N) is 1. The van der Waals surface area contributed by atoms with Crippen LogP contribution >= 0.6 is 11.8 Å². The fourth-order valence-corrected chi connectivity index (χ4v) is 2.75. The summed E-state index contributed by atoms with van der Waals surface area (Å²) in [5, 5.41) is 3.33. The molecule has 1 saturated heterocycles. The van der Waals surface area contributed by atoms with Crippen molar-refractivity contribution in [3.63, 3.8) is 0 Å². The minimum Gasteiger partial charge on any atom is -0.316 e. The molecule has 3 heteroatoms. The Morgan fingerprint density at radius 3 is 2.64 bits per heavy atom. The second-order valence-corrected chi connectivity index (χ2v) is 5.22. The molecule has 0 saturated carbocycles. The summed E-state index contributed by atoms with van der Waals surface area (Å²) in [4.78, 5) is 2.54. The van der Waals surface area contributed by atoms with Crippen LogP contribution in [0, 0.1) is 5.92 Å². The van der Waals surface area contributed by atoms with Crippen molar-refractivity contribution in [2.75, 3.05) is 38.7 Å². The van der Waals surface area contributed by atoms with Gasteiger partial charge >= 0.3 is 0 Å². The van der Waals surface area contributed by atoms with Crippen LogP contribution in [0.25, 0.3) is 0 Å². The molecular formula is C11H24N2S. The van der Waals surface area contributed by atoms with Crippen LogP contribution in [0.4, 0.5) is 0 Å². The van der Waals surface area contributed by atoms with E-state index < -0.39 is 0 Å². The molecule has 0 aromatic rings. The Kier molecular flexibility index (Phi) is 5.90. The van der Waals surface area contributed by atoms with Crippen LogP contribution in [0.15, 0.2) is 0 Å². The van der Waals surface area contributed by atoms with Crippen LogP contribution < -0.4 is 5.32 Å². The zero-order valence-corrected chi connectivity index (χ0v) is 10.6. The first kappa shape index (κ1) is 12.3. The van der Waals surface area contributed by atoms with Gasteiger partial charge in [-0.05, 0) is 51.7 Å². The van der Waals surface area contributed by atoms with E-state index in [4.69, 9.17) is 0 Å². The lowest BCUT2D eigenvalue weighted by Gasteiger charge is -2.32. The highest BCUT2D eigenvalue weighted by atomic mass is 32.2. The summed E-state index contributed by atoms with van der Waals surface area (Å²) in [6.07, 6.45) is 4.85. The summed E-state index contributed by atoms with van der Waals surface area (Å²) in [7, 11) is 2.27. The lowest BCUT2D eigenvalue weighted by molar-refractivity contribution is 0.215. The largest absolute Gasteiger partial charge is 0.316 e. The zero-order valence-electron chi connectivity index (χ0n) is 9.75. The van der Waals surface area contributed by atoms with E-state index in [2.05, 4.69) is 30.4 Å². The third-order valence-corrected chi connectivity index (χ3v) is 3.93. The molecule has 0 spiro atoms. The van der Waals surface area contributed by atoms with Crippen molar-refractivity contribution in [1.29, 1.82) is 0 Å². The van der Waals surface area contributed by atoms with Crippen molar-refractivity contribution >= 4 is 11.8 Å². The Hall–Kier alpha value is 0.270. The Labute approximate surface area is 92.8 Å². The number of thioether (sulfide) groups is 1. The van der Waals surface area contributed by atoms with Crippen molar-refractivity contribution < 1.29 is 0 Å². The van der Waals surface area contributed by atoms with Gasteiger partial charge in [0.1, 0.15) is 0 Å². The molecule has 1 atom stereocenters. The molecule has 1 heterocycles. The van der Waals surface area contributed by atoms with Gasteiger partial charge in [0.15, 0.2) is 0 Å². The third kappa shape index (κ3) is 3.79. The summed E-state index contributed by atoms with van der Waals surface area (Å²) in [6.45, 7) is 6.05. The van der Waals surface area contributed by atoms with Gasteiger partial charge in [-0.2, -0.15) is 11.8 Å². The predicted octanol–water partition coefficient (Wildman–Crippen LogP) is 1.67. The molecular weight excluding hydrogens is 192 g/mol. The smallest absolute Gasteiger partial charge is 0.0180 e. The van der Waals surface area contributed by atoms with Crippen LogP contribution in [0.3, 0.4) is 0 Å². The highest BCUT2D eigenvalue weighted by Crippen LogP contribution is 2.13. The number of nitrogens with zero attached hydrogens (tertiary/aromatic N) is 1. The normalized spacial score (nSPS) is 19.7. The van der Waals surface area contributed by atoms with Crippen LogP contribution in [-0.4, -0.2) is 49.6 Å². The van der Waals surface area contributed by atoms with Gasteiger partial charge < -0.3 is 10.2 Å². The monoisotopic (exact) mass is 216 g/mol. The van der Waals surface area contributed by atoms with E-state index in [0.717, 1.165) is 12.0 Å². The molecule has 0 aromatic heterocycles. The van der Waals surface area contributed by atoms with Gasteiger partial charge in [-0.15, -0.1) is 0 Å². The average molecular weight is 216 g/mol. The van der Waals surface area contributed by atoms with E-state index in [1.807, 2.05) is 11.8 Å². The van der Waals surface area contributed by atoms with Crippen LogP contribution in [0.1, 0.15) is 19.8 Å². The summed E-state index contributed by atoms with van der Waals surface area (Å²) in [6, 6.07) is 0.776. The van der Waals surface area contributed by atoms with Crippen molar-refractivity contribution in [3.05, 3.63) is 0 Å². The molecule has 84 valence electrons. The Morgan fingerprint density at radius 2 is 2.21 bits per heavy atom. The van der Waals surface area contributed by atoms with Gasteiger partial charge in [-0.1, -0.05) is 6.92 Å². The fourth-order valence-electron chi connectivity index (χ4n) is 1.87. The maximum atomic E-state index is 3.33. The van der Waals surface area contributed by atoms with E-state index >= 15 is 0 Å². The lowest BCUT2D eigenvalue weighted by Crippen LogP contribution is -2.44. The van der Waals surface area contributed by atoms with Crippen molar-refractivity contribution in [1.82, 2.24) is 10.2 Å². The minimum atomic E-state index is 0.776. The quantitative estimate of drug-likeness (QED) is 0.697. The van der Waals surface area contributed by atoms with Crippen molar-refractivity contribution in [2.45, 2.75) is 25.8 Å². The third-order valence-electron chi connectivity index (χ3n) is 3.21. The number of hydrogen-bond acceptors (Lipinski definition) is 3. The van der Waals surface area contributed by atoms with E-state index in [1.54, 1.807) is 0 Å². The van der Waals surface area contributed by atoms with Gasteiger partial charge in [-0.25, -0.2) is 0 Å². The number of hydrogen-bond donors (Lipinski definition) is 1. The Morgan fingerprint density at radius 1 is 1.50 bits per heavy atom. The van der Waals surface area contributed by atoms with Gasteiger partial charge in [0.2, 0.25) is 0 Å². The highest BCUT2D eigenvalue weighted by molar-refractivity contribution is 7.98. The SMILES string of the molecule is CCC(CSC)N(C)CCC1CNC1. The van der Waals surface area contributed by atoms with Gasteiger partial charge in [0.05, 0.1) is 0 Å². The molecule has 1 fully saturated rings. The molecule has 1 rings (SSSR count). The maximum Gasteiger partial charge on any atom is 0.0180 e. The molecule has 1 aliphatic heterocycles. The molecule has 1 aliphatic rings. The Balaban J connectivity index is 2.13. The van der Waals surface area contributed by atoms with Gasteiger partial charge in [0, 0.05) is 11.8 Å². The summed E-state index contributed by atoms with van der Waals surface area (Å²) >= 11 is 1.96.